The van der Waals surface area contributed by atoms with Gasteiger partial charge in [0.15, 0.2) is 5.65 Å². The summed E-state index contributed by atoms with van der Waals surface area (Å²) in [6, 6.07) is 2.66. The minimum atomic E-state index is -0.00449. The normalized spacial score (nSPS) is 17.1. The first-order chi connectivity index (χ1) is 15.0. The Morgan fingerprint density at radius 3 is 2.74 bits per heavy atom. The van der Waals surface area contributed by atoms with Crippen molar-refractivity contribution in [2.75, 3.05) is 13.1 Å². The molecule has 0 aliphatic carbocycles. The third-order valence-corrected chi connectivity index (χ3v) is 6.74. The summed E-state index contributed by atoms with van der Waals surface area (Å²) >= 11 is 1.46. The van der Waals surface area contributed by atoms with E-state index in [0.717, 1.165) is 47.4 Å². The Bertz CT molecular complexity index is 1240. The maximum Gasteiger partial charge on any atom is 0.261 e. The molecule has 5 heterocycles. The first-order valence-electron chi connectivity index (χ1n) is 10.4. The first kappa shape index (κ1) is 19.9. The van der Waals surface area contributed by atoms with Gasteiger partial charge in [0.1, 0.15) is 0 Å². The predicted molar refractivity (Wildman–Crippen MR) is 121 cm³/mol. The van der Waals surface area contributed by atoms with Crippen LogP contribution in [0, 0.1) is 0 Å². The van der Waals surface area contributed by atoms with E-state index in [-0.39, 0.29) is 11.9 Å². The van der Waals surface area contributed by atoms with Crippen molar-refractivity contribution in [3.63, 3.8) is 0 Å². The molecule has 31 heavy (non-hydrogen) atoms. The van der Waals surface area contributed by atoms with E-state index in [1.54, 1.807) is 15.4 Å². The maximum absolute atomic E-state index is 12.8. The smallest absolute Gasteiger partial charge is 0.261 e. The summed E-state index contributed by atoms with van der Waals surface area (Å²) < 4.78 is 3.53. The number of hydrogen-bond acceptors (Lipinski definition) is 6. The van der Waals surface area contributed by atoms with Crippen LogP contribution in [-0.4, -0.2) is 60.4 Å². The molecule has 0 spiro atoms. The SMILES string of the molecule is CC(C)N1CCC(NC(=O)c2cc(-c3cnn4cc(-c5cnn(C)c5)cnc34)cs2)C1. The number of fused-ring (bicyclic) bond motifs is 1. The molecule has 1 amide bonds. The lowest BCUT2D eigenvalue weighted by atomic mass is 10.1. The minimum absolute atomic E-state index is 0.00449. The van der Waals surface area contributed by atoms with Crippen LogP contribution in [0.5, 0.6) is 0 Å². The van der Waals surface area contributed by atoms with Crippen molar-refractivity contribution in [1.82, 2.24) is 34.6 Å². The second-order valence-corrected chi connectivity index (χ2v) is 9.23. The summed E-state index contributed by atoms with van der Waals surface area (Å²) in [7, 11) is 1.89. The van der Waals surface area contributed by atoms with Gasteiger partial charge in [0, 0.05) is 67.5 Å². The van der Waals surface area contributed by atoms with Gasteiger partial charge in [-0.3, -0.25) is 14.4 Å². The van der Waals surface area contributed by atoms with Gasteiger partial charge in [0.2, 0.25) is 0 Å². The molecule has 0 saturated carbocycles. The van der Waals surface area contributed by atoms with Gasteiger partial charge < -0.3 is 5.32 Å². The summed E-state index contributed by atoms with van der Waals surface area (Å²) in [6.07, 6.45) is 10.3. The van der Waals surface area contributed by atoms with Crippen molar-refractivity contribution in [1.29, 1.82) is 0 Å². The second-order valence-electron chi connectivity index (χ2n) is 8.32. The van der Waals surface area contributed by atoms with Gasteiger partial charge in [0.25, 0.3) is 5.91 Å². The number of aryl methyl sites for hydroxylation is 1. The molecule has 4 aromatic rings. The highest BCUT2D eigenvalue weighted by Gasteiger charge is 2.26. The Labute approximate surface area is 184 Å². The van der Waals surface area contributed by atoms with Crippen molar-refractivity contribution in [2.24, 2.45) is 7.05 Å². The van der Waals surface area contributed by atoms with E-state index in [4.69, 9.17) is 0 Å². The molecule has 160 valence electrons. The fourth-order valence-corrected chi connectivity index (χ4v) is 4.83. The summed E-state index contributed by atoms with van der Waals surface area (Å²) in [4.78, 5) is 20.5. The molecule has 1 saturated heterocycles. The number of likely N-dealkylation sites (tertiary alicyclic amines) is 1. The van der Waals surface area contributed by atoms with Crippen LogP contribution in [0.1, 0.15) is 29.9 Å². The van der Waals surface area contributed by atoms with Gasteiger partial charge >= 0.3 is 0 Å². The van der Waals surface area contributed by atoms with Gasteiger partial charge in [-0.25, -0.2) is 9.50 Å². The van der Waals surface area contributed by atoms with Crippen LogP contribution in [0.3, 0.4) is 0 Å². The van der Waals surface area contributed by atoms with E-state index in [1.807, 2.05) is 43.3 Å². The van der Waals surface area contributed by atoms with E-state index in [9.17, 15) is 4.79 Å². The molecule has 1 aliphatic heterocycles. The van der Waals surface area contributed by atoms with Gasteiger partial charge in [-0.1, -0.05) is 0 Å². The van der Waals surface area contributed by atoms with Gasteiger partial charge in [-0.15, -0.1) is 11.3 Å². The Hall–Kier alpha value is -3.04. The minimum Gasteiger partial charge on any atom is -0.347 e. The molecule has 4 aromatic heterocycles. The van der Waals surface area contributed by atoms with Gasteiger partial charge in [-0.2, -0.15) is 10.2 Å². The van der Waals surface area contributed by atoms with E-state index in [2.05, 4.69) is 39.2 Å². The summed E-state index contributed by atoms with van der Waals surface area (Å²) in [6.45, 7) is 6.34. The number of amides is 1. The fraction of sp³-hybridized carbons (Fsp3) is 0.364. The lowest BCUT2D eigenvalue weighted by molar-refractivity contribution is 0.0941. The highest BCUT2D eigenvalue weighted by molar-refractivity contribution is 7.12. The topological polar surface area (TPSA) is 80.4 Å². The molecular formula is C22H25N7OS. The van der Waals surface area contributed by atoms with Gasteiger partial charge in [0.05, 0.1) is 17.3 Å². The zero-order chi connectivity index (χ0) is 21.5. The molecule has 0 aromatic carbocycles. The van der Waals surface area contributed by atoms with Crippen LogP contribution in [-0.2, 0) is 7.05 Å². The maximum atomic E-state index is 12.8. The number of rotatable bonds is 5. The van der Waals surface area contributed by atoms with Crippen LogP contribution >= 0.6 is 11.3 Å². The molecular weight excluding hydrogens is 410 g/mol. The summed E-state index contributed by atoms with van der Waals surface area (Å²) in [5.41, 5.74) is 4.58. The largest absolute Gasteiger partial charge is 0.347 e. The van der Waals surface area contributed by atoms with Crippen molar-refractivity contribution >= 4 is 22.9 Å². The fourth-order valence-electron chi connectivity index (χ4n) is 4.02. The zero-order valence-corrected chi connectivity index (χ0v) is 18.6. The Balaban J connectivity index is 1.34. The number of hydrogen-bond donors (Lipinski definition) is 1. The van der Waals surface area contributed by atoms with Crippen molar-refractivity contribution < 1.29 is 4.79 Å². The lowest BCUT2D eigenvalue weighted by Crippen LogP contribution is -2.38. The van der Waals surface area contributed by atoms with E-state index in [1.165, 1.54) is 11.3 Å². The Kier molecular flexibility index (Phi) is 5.07. The van der Waals surface area contributed by atoms with Crippen LogP contribution in [0.2, 0.25) is 0 Å². The molecule has 1 atom stereocenters. The van der Waals surface area contributed by atoms with Crippen molar-refractivity contribution in [3.8, 4) is 22.3 Å². The standard InChI is InChI=1S/C22H25N7OS/c1-14(2)28-5-4-18(12-28)26-22(30)20-6-15(13-31-20)19-9-25-29-11-16(7-23-21(19)29)17-8-24-27(3)10-17/h6-11,13-14,18H,4-5,12H2,1-3H3,(H,26,30). The van der Waals surface area contributed by atoms with Crippen molar-refractivity contribution in [2.45, 2.75) is 32.4 Å². The number of nitrogens with zero attached hydrogens (tertiary/aromatic N) is 6. The highest BCUT2D eigenvalue weighted by Crippen LogP contribution is 2.29. The number of aromatic nitrogens is 5. The average molecular weight is 436 g/mol. The average Bonchev–Trinajstić information content (AvgIpc) is 3.53. The molecule has 1 aliphatic rings. The third kappa shape index (κ3) is 3.86. The molecule has 5 rings (SSSR count). The summed E-state index contributed by atoms with van der Waals surface area (Å²) in [5.74, 6) is -0.00449. The predicted octanol–water partition coefficient (Wildman–Crippen LogP) is 3.07. The van der Waals surface area contributed by atoms with Crippen LogP contribution in [0.15, 0.2) is 42.4 Å². The van der Waals surface area contributed by atoms with Crippen LogP contribution in [0.4, 0.5) is 0 Å². The Morgan fingerprint density at radius 1 is 1.16 bits per heavy atom. The first-order valence-corrected chi connectivity index (χ1v) is 11.3. The Morgan fingerprint density at radius 2 is 2.00 bits per heavy atom. The molecule has 1 fully saturated rings. The van der Waals surface area contributed by atoms with E-state index < -0.39 is 0 Å². The van der Waals surface area contributed by atoms with Gasteiger partial charge in [-0.05, 0) is 37.3 Å². The molecule has 1 N–H and O–H groups in total. The van der Waals surface area contributed by atoms with E-state index >= 15 is 0 Å². The zero-order valence-electron chi connectivity index (χ0n) is 17.8. The molecule has 0 bridgehead atoms. The number of nitrogens with one attached hydrogen (secondary N) is 1. The quantitative estimate of drug-likeness (QED) is 0.521. The molecule has 1 unspecified atom stereocenters. The molecule has 9 heteroatoms. The van der Waals surface area contributed by atoms with Crippen LogP contribution in [0.25, 0.3) is 27.9 Å². The lowest BCUT2D eigenvalue weighted by Gasteiger charge is -2.20. The number of carbonyl (C=O) groups excluding carboxylic acids is 1. The molecule has 8 nitrogen and oxygen atoms in total. The monoisotopic (exact) mass is 435 g/mol. The molecule has 0 radical (unpaired) electrons. The number of thiophene rings is 1. The van der Waals surface area contributed by atoms with Crippen LogP contribution < -0.4 is 5.32 Å². The van der Waals surface area contributed by atoms with Crippen molar-refractivity contribution in [3.05, 3.63) is 47.3 Å². The third-order valence-electron chi connectivity index (χ3n) is 5.81. The second kappa shape index (κ2) is 7.90. The highest BCUT2D eigenvalue weighted by atomic mass is 32.1. The summed E-state index contributed by atoms with van der Waals surface area (Å²) in [5, 5.41) is 13.9. The van der Waals surface area contributed by atoms with E-state index in [0.29, 0.717) is 10.9 Å². The number of carbonyl (C=O) groups is 1.